The van der Waals surface area contributed by atoms with Crippen molar-refractivity contribution in [1.82, 2.24) is 15.6 Å². The molecular formula is C15H21N3O2. The average molecular weight is 275 g/mol. The topological polar surface area (TPSA) is 74.0 Å². The standard InChI is InChI=1S/C15H21N3O2/c1-9-13-11(5-2-6-12(13)19)18-14(9)15(20)17-10-4-3-7-16-8-10/h10,16,18H,2-8H2,1H3,(H,17,20)/t10-/m0/s1. The molecule has 0 radical (unpaired) electrons. The molecule has 5 heteroatoms. The van der Waals surface area contributed by atoms with Gasteiger partial charge in [0.25, 0.3) is 5.91 Å². The number of amides is 1. The lowest BCUT2D eigenvalue weighted by molar-refractivity contribution is 0.0925. The SMILES string of the molecule is Cc1c(C(=O)N[C@H]2CCCNC2)[nH]c2c1C(=O)CCC2. The van der Waals surface area contributed by atoms with E-state index in [1.807, 2.05) is 6.92 Å². The van der Waals surface area contributed by atoms with Crippen LogP contribution in [0.1, 0.15) is 57.8 Å². The quantitative estimate of drug-likeness (QED) is 0.762. The van der Waals surface area contributed by atoms with E-state index in [1.165, 1.54) is 0 Å². The molecule has 1 atom stereocenters. The minimum absolute atomic E-state index is 0.0848. The largest absolute Gasteiger partial charge is 0.354 e. The van der Waals surface area contributed by atoms with Crippen LogP contribution < -0.4 is 10.6 Å². The van der Waals surface area contributed by atoms with E-state index in [0.717, 1.165) is 55.6 Å². The maximum absolute atomic E-state index is 12.4. The highest BCUT2D eigenvalue weighted by atomic mass is 16.2. The maximum atomic E-state index is 12.4. The Morgan fingerprint density at radius 2 is 2.15 bits per heavy atom. The summed E-state index contributed by atoms with van der Waals surface area (Å²) in [6.45, 7) is 3.72. The summed E-state index contributed by atoms with van der Waals surface area (Å²) in [5.41, 5.74) is 3.07. The van der Waals surface area contributed by atoms with E-state index in [9.17, 15) is 9.59 Å². The molecule has 5 nitrogen and oxygen atoms in total. The number of carbonyl (C=O) groups excluding carboxylic acids is 2. The Labute approximate surface area is 118 Å². The highest BCUT2D eigenvalue weighted by Gasteiger charge is 2.27. The zero-order valence-corrected chi connectivity index (χ0v) is 11.8. The van der Waals surface area contributed by atoms with Crippen molar-refractivity contribution in [1.29, 1.82) is 0 Å². The minimum Gasteiger partial charge on any atom is -0.354 e. The van der Waals surface area contributed by atoms with E-state index in [0.29, 0.717) is 12.1 Å². The highest BCUT2D eigenvalue weighted by Crippen LogP contribution is 2.26. The van der Waals surface area contributed by atoms with Crippen LogP contribution in [0.2, 0.25) is 0 Å². The number of fused-ring (bicyclic) bond motifs is 1. The Bertz CT molecular complexity index is 542. The van der Waals surface area contributed by atoms with Gasteiger partial charge in [0, 0.05) is 30.3 Å². The molecule has 1 aromatic rings. The van der Waals surface area contributed by atoms with Gasteiger partial charge in [0.2, 0.25) is 0 Å². The number of aromatic amines is 1. The summed E-state index contributed by atoms with van der Waals surface area (Å²) in [5.74, 6) is 0.0804. The van der Waals surface area contributed by atoms with Crippen molar-refractivity contribution in [2.75, 3.05) is 13.1 Å². The van der Waals surface area contributed by atoms with Crippen LogP contribution in [-0.4, -0.2) is 35.8 Å². The van der Waals surface area contributed by atoms with E-state index in [4.69, 9.17) is 0 Å². The highest BCUT2D eigenvalue weighted by molar-refractivity contribution is 6.04. The Kier molecular flexibility index (Phi) is 3.61. The number of aryl methyl sites for hydroxylation is 1. The van der Waals surface area contributed by atoms with Gasteiger partial charge in [-0.15, -0.1) is 0 Å². The van der Waals surface area contributed by atoms with Crippen LogP contribution in [-0.2, 0) is 6.42 Å². The summed E-state index contributed by atoms with van der Waals surface area (Å²) in [6, 6.07) is 0.187. The number of ketones is 1. The number of Topliss-reactive ketones (excluding diaryl/α,β-unsaturated/α-hetero) is 1. The van der Waals surface area contributed by atoms with Crippen molar-refractivity contribution in [3.8, 4) is 0 Å². The lowest BCUT2D eigenvalue weighted by atomic mass is 9.94. The molecule has 1 aliphatic heterocycles. The third-order valence-corrected chi connectivity index (χ3v) is 4.30. The molecule has 1 aromatic heterocycles. The second-order valence-electron chi connectivity index (χ2n) is 5.77. The molecule has 0 saturated carbocycles. The first-order valence-corrected chi connectivity index (χ1v) is 7.43. The third kappa shape index (κ3) is 2.38. The van der Waals surface area contributed by atoms with E-state index in [-0.39, 0.29) is 17.7 Å². The van der Waals surface area contributed by atoms with Crippen LogP contribution in [0.25, 0.3) is 0 Å². The molecule has 2 heterocycles. The van der Waals surface area contributed by atoms with Crippen LogP contribution in [0.3, 0.4) is 0 Å². The summed E-state index contributed by atoms with van der Waals surface area (Å²) in [5, 5.41) is 6.34. The molecule has 1 saturated heterocycles. The lowest BCUT2D eigenvalue weighted by Crippen LogP contribution is -2.45. The summed E-state index contributed by atoms with van der Waals surface area (Å²) in [6.07, 6.45) is 4.43. The fourth-order valence-corrected chi connectivity index (χ4v) is 3.23. The lowest BCUT2D eigenvalue weighted by Gasteiger charge is -2.23. The Balaban J connectivity index is 1.79. The fraction of sp³-hybridized carbons (Fsp3) is 0.600. The second-order valence-corrected chi connectivity index (χ2v) is 5.77. The van der Waals surface area contributed by atoms with Crippen LogP contribution >= 0.6 is 0 Å². The molecule has 0 spiro atoms. The van der Waals surface area contributed by atoms with Crippen molar-refractivity contribution in [2.24, 2.45) is 0 Å². The molecule has 1 fully saturated rings. The van der Waals surface area contributed by atoms with E-state index < -0.39 is 0 Å². The first-order valence-electron chi connectivity index (χ1n) is 7.43. The number of hydrogen-bond donors (Lipinski definition) is 3. The summed E-state index contributed by atoms with van der Waals surface area (Å²) >= 11 is 0. The van der Waals surface area contributed by atoms with Crippen LogP contribution in [0.15, 0.2) is 0 Å². The van der Waals surface area contributed by atoms with Crippen molar-refractivity contribution in [2.45, 2.75) is 45.1 Å². The summed E-state index contributed by atoms with van der Waals surface area (Å²) in [4.78, 5) is 27.5. The van der Waals surface area contributed by atoms with Gasteiger partial charge in [-0.1, -0.05) is 0 Å². The number of rotatable bonds is 2. The molecule has 108 valence electrons. The number of hydrogen-bond acceptors (Lipinski definition) is 3. The Morgan fingerprint density at radius 3 is 2.85 bits per heavy atom. The maximum Gasteiger partial charge on any atom is 0.268 e. The second kappa shape index (κ2) is 5.40. The molecule has 0 bridgehead atoms. The zero-order chi connectivity index (χ0) is 14.1. The van der Waals surface area contributed by atoms with Crippen molar-refractivity contribution < 1.29 is 9.59 Å². The van der Waals surface area contributed by atoms with Gasteiger partial charge in [-0.2, -0.15) is 0 Å². The Morgan fingerprint density at radius 1 is 1.30 bits per heavy atom. The summed E-state index contributed by atoms with van der Waals surface area (Å²) < 4.78 is 0. The van der Waals surface area contributed by atoms with Gasteiger partial charge in [0.15, 0.2) is 5.78 Å². The zero-order valence-electron chi connectivity index (χ0n) is 11.8. The molecule has 1 amide bonds. The Hall–Kier alpha value is -1.62. The summed E-state index contributed by atoms with van der Waals surface area (Å²) in [7, 11) is 0. The van der Waals surface area contributed by atoms with Crippen LogP contribution in [0, 0.1) is 6.92 Å². The number of aromatic nitrogens is 1. The van der Waals surface area contributed by atoms with Crippen LogP contribution in [0.5, 0.6) is 0 Å². The molecule has 0 aromatic carbocycles. The molecule has 1 aliphatic carbocycles. The van der Waals surface area contributed by atoms with E-state index in [1.54, 1.807) is 0 Å². The predicted octanol–water partition coefficient (Wildman–Crippen LogP) is 1.32. The number of H-pyrrole nitrogens is 1. The average Bonchev–Trinajstić information content (AvgIpc) is 2.79. The number of carbonyl (C=O) groups is 2. The van der Waals surface area contributed by atoms with E-state index >= 15 is 0 Å². The van der Waals surface area contributed by atoms with Crippen molar-refractivity contribution in [3.05, 3.63) is 22.5 Å². The smallest absolute Gasteiger partial charge is 0.268 e. The first kappa shape index (κ1) is 13.4. The number of nitrogens with one attached hydrogen (secondary N) is 3. The van der Waals surface area contributed by atoms with E-state index in [2.05, 4.69) is 15.6 Å². The van der Waals surface area contributed by atoms with Gasteiger partial charge < -0.3 is 15.6 Å². The molecule has 3 rings (SSSR count). The predicted molar refractivity (Wildman–Crippen MR) is 76.2 cm³/mol. The number of piperidine rings is 1. The molecule has 2 aliphatic rings. The molecular weight excluding hydrogens is 254 g/mol. The normalized spacial score (nSPS) is 22.4. The van der Waals surface area contributed by atoms with Gasteiger partial charge in [0.1, 0.15) is 5.69 Å². The van der Waals surface area contributed by atoms with Gasteiger partial charge in [-0.3, -0.25) is 9.59 Å². The molecule has 20 heavy (non-hydrogen) atoms. The third-order valence-electron chi connectivity index (χ3n) is 4.30. The van der Waals surface area contributed by atoms with Gasteiger partial charge in [-0.25, -0.2) is 0 Å². The molecule has 0 unspecified atom stereocenters. The van der Waals surface area contributed by atoms with Gasteiger partial charge >= 0.3 is 0 Å². The van der Waals surface area contributed by atoms with Crippen molar-refractivity contribution >= 4 is 11.7 Å². The molecule has 3 N–H and O–H groups in total. The first-order chi connectivity index (χ1) is 9.66. The fourth-order valence-electron chi connectivity index (χ4n) is 3.23. The van der Waals surface area contributed by atoms with Gasteiger partial charge in [0.05, 0.1) is 0 Å². The minimum atomic E-state index is -0.0848. The van der Waals surface area contributed by atoms with Gasteiger partial charge in [-0.05, 0) is 44.7 Å². The van der Waals surface area contributed by atoms with Crippen molar-refractivity contribution in [3.63, 3.8) is 0 Å². The van der Waals surface area contributed by atoms with Crippen LogP contribution in [0.4, 0.5) is 0 Å². The monoisotopic (exact) mass is 275 g/mol.